The van der Waals surface area contributed by atoms with Gasteiger partial charge in [-0.2, -0.15) is 4.57 Å². The Kier molecular flexibility index (Phi) is 5.03. The van der Waals surface area contributed by atoms with E-state index in [0.717, 1.165) is 44.8 Å². The van der Waals surface area contributed by atoms with E-state index < -0.39 is 10.4 Å². The first-order valence-electron chi connectivity index (χ1n) is 7.43. The van der Waals surface area contributed by atoms with Crippen LogP contribution in [-0.2, 0) is 40.9 Å². The van der Waals surface area contributed by atoms with Gasteiger partial charge in [0.1, 0.15) is 11.7 Å². The second-order valence-electron chi connectivity index (χ2n) is 5.75. The lowest BCUT2D eigenvalue weighted by atomic mass is 10.0. The van der Waals surface area contributed by atoms with Gasteiger partial charge in [0, 0.05) is 12.8 Å². The van der Waals surface area contributed by atoms with Crippen molar-refractivity contribution in [2.24, 2.45) is 7.05 Å². The molecule has 1 atom stereocenters. The van der Waals surface area contributed by atoms with Gasteiger partial charge in [-0.05, 0) is 32.6 Å². The molecule has 0 N–H and O–H groups in total. The topological polar surface area (TPSA) is 92.3 Å². The number of hydrogen-bond acceptors (Lipinski definition) is 5. The second kappa shape index (κ2) is 6.47. The summed E-state index contributed by atoms with van der Waals surface area (Å²) in [7, 11) is -1.47. The minimum atomic E-state index is -4.41. The molecule has 0 saturated heterocycles. The van der Waals surface area contributed by atoms with Crippen molar-refractivity contribution in [3.05, 3.63) is 27.4 Å². The molecule has 0 amide bonds. The number of hydrogen-bond donors (Lipinski definition) is 0. The zero-order chi connectivity index (χ0) is 16.5. The van der Waals surface area contributed by atoms with Gasteiger partial charge in [0.15, 0.2) is 0 Å². The zero-order valence-electron chi connectivity index (χ0n) is 13.2. The van der Waals surface area contributed by atoms with Crippen molar-refractivity contribution in [3.8, 4) is 0 Å². The fourth-order valence-corrected chi connectivity index (χ4v) is 3.34. The third kappa shape index (κ3) is 3.39. The highest BCUT2D eigenvalue weighted by Gasteiger charge is 2.33. The lowest BCUT2D eigenvalue weighted by Crippen LogP contribution is -2.49. The van der Waals surface area contributed by atoms with Crippen LogP contribution in [0.25, 0.3) is 0 Å². The fraction of sp³-hybridized carbons (Fsp3) is 0.714. The minimum absolute atomic E-state index is 0.299. The molecule has 1 aromatic heterocycles. The van der Waals surface area contributed by atoms with Gasteiger partial charge >= 0.3 is 5.56 Å². The molecule has 0 fully saturated rings. The van der Waals surface area contributed by atoms with Gasteiger partial charge in [0.25, 0.3) is 5.82 Å². The van der Waals surface area contributed by atoms with Crippen LogP contribution in [0.5, 0.6) is 0 Å². The highest BCUT2D eigenvalue weighted by molar-refractivity contribution is 7.80. The predicted octanol–water partition coefficient (Wildman–Crippen LogP) is 0.152. The lowest BCUT2D eigenvalue weighted by Gasteiger charge is -2.21. The maximum atomic E-state index is 12.4. The quantitative estimate of drug-likeness (QED) is 0.415. The SMILES string of the molecule is CC1CCCc2n1c(=O)c1c([n+]2C)CCC1.COS(=O)(=O)[O-]. The van der Waals surface area contributed by atoms with Crippen LogP contribution in [0.15, 0.2) is 4.79 Å². The van der Waals surface area contributed by atoms with Crippen LogP contribution in [0, 0.1) is 0 Å². The normalized spacial score (nSPS) is 19.9. The zero-order valence-corrected chi connectivity index (χ0v) is 14.0. The van der Waals surface area contributed by atoms with Crippen LogP contribution in [0.1, 0.15) is 49.3 Å². The summed E-state index contributed by atoms with van der Waals surface area (Å²) in [5.41, 5.74) is 2.68. The smallest absolute Gasteiger partial charge is 0.341 e. The standard InChI is InChI=1S/C13H19N2O.CH4O4S/c1-9-5-3-8-12-14(2)11-7-4-6-10(11)13(16)15(9)12;1-5-6(2,3)4/h9H,3-8H2,1-2H3;1H3,(H,2,3,4)/q+1;/p-1. The first-order valence-corrected chi connectivity index (χ1v) is 8.76. The molecule has 0 saturated carbocycles. The molecule has 22 heavy (non-hydrogen) atoms. The summed E-state index contributed by atoms with van der Waals surface area (Å²) in [4.78, 5) is 12.4. The molecule has 7 nitrogen and oxygen atoms in total. The van der Waals surface area contributed by atoms with E-state index in [1.165, 1.54) is 17.9 Å². The average molecular weight is 330 g/mol. The summed E-state index contributed by atoms with van der Waals surface area (Å²) in [5.74, 6) is 1.24. The van der Waals surface area contributed by atoms with Gasteiger partial charge in [-0.25, -0.2) is 17.8 Å². The molecule has 1 aliphatic carbocycles. The van der Waals surface area contributed by atoms with Crippen molar-refractivity contribution in [1.29, 1.82) is 0 Å². The number of fused-ring (bicyclic) bond motifs is 2. The van der Waals surface area contributed by atoms with Crippen LogP contribution >= 0.6 is 0 Å². The van der Waals surface area contributed by atoms with Crippen molar-refractivity contribution in [2.75, 3.05) is 7.11 Å². The molecule has 1 aliphatic heterocycles. The first kappa shape index (κ1) is 17.1. The highest BCUT2D eigenvalue weighted by atomic mass is 32.3. The molecule has 124 valence electrons. The number of aromatic nitrogens is 2. The third-order valence-corrected chi connectivity index (χ3v) is 4.81. The van der Waals surface area contributed by atoms with Gasteiger partial charge in [-0.15, -0.1) is 0 Å². The molecular weight excluding hydrogens is 308 g/mol. The summed E-state index contributed by atoms with van der Waals surface area (Å²) in [6.07, 6.45) is 6.64. The minimum Gasteiger partial charge on any atom is -0.726 e. The summed E-state index contributed by atoms with van der Waals surface area (Å²) in [5, 5.41) is 0. The van der Waals surface area contributed by atoms with Crippen molar-refractivity contribution < 1.29 is 21.7 Å². The monoisotopic (exact) mass is 330 g/mol. The van der Waals surface area contributed by atoms with Crippen LogP contribution in [0.3, 0.4) is 0 Å². The first-order chi connectivity index (χ1) is 10.3. The Morgan fingerprint density at radius 1 is 1.27 bits per heavy atom. The molecular formula is C14H22N2O5S. The van der Waals surface area contributed by atoms with Crippen LogP contribution in [-0.4, -0.2) is 24.6 Å². The van der Waals surface area contributed by atoms with Crippen LogP contribution in [0.2, 0.25) is 0 Å². The maximum absolute atomic E-state index is 12.4. The lowest BCUT2D eigenvalue weighted by molar-refractivity contribution is -0.692. The molecule has 1 aromatic rings. The highest BCUT2D eigenvalue weighted by Crippen LogP contribution is 2.23. The number of nitrogens with zero attached hydrogens (tertiary/aromatic N) is 2. The molecule has 0 spiro atoms. The molecule has 2 aliphatic rings. The van der Waals surface area contributed by atoms with E-state index in [9.17, 15) is 17.8 Å². The van der Waals surface area contributed by atoms with Crippen LogP contribution < -0.4 is 10.1 Å². The summed E-state index contributed by atoms with van der Waals surface area (Å²) in [6.45, 7) is 2.17. The molecule has 8 heteroatoms. The Morgan fingerprint density at radius 3 is 2.50 bits per heavy atom. The van der Waals surface area contributed by atoms with Gasteiger partial charge < -0.3 is 4.55 Å². The predicted molar refractivity (Wildman–Crippen MR) is 78.3 cm³/mol. The third-order valence-electron chi connectivity index (χ3n) is 4.40. The fourth-order valence-electron chi connectivity index (χ4n) is 3.34. The molecule has 2 heterocycles. The second-order valence-corrected chi connectivity index (χ2v) is 6.90. The van der Waals surface area contributed by atoms with Gasteiger partial charge in [-0.1, -0.05) is 0 Å². The van der Waals surface area contributed by atoms with Crippen molar-refractivity contribution in [3.63, 3.8) is 0 Å². The summed E-state index contributed by atoms with van der Waals surface area (Å²) < 4.78 is 35.4. The Hall–Kier alpha value is -1.25. The Bertz CT molecular complexity index is 724. The van der Waals surface area contributed by atoms with Crippen molar-refractivity contribution in [2.45, 2.75) is 51.5 Å². The summed E-state index contributed by atoms with van der Waals surface area (Å²) in [6, 6.07) is 0.383. The van der Waals surface area contributed by atoms with Gasteiger partial charge in [-0.3, -0.25) is 4.18 Å². The maximum Gasteiger partial charge on any atom is 0.341 e. The molecule has 1 unspecified atom stereocenters. The van der Waals surface area contributed by atoms with E-state index in [-0.39, 0.29) is 0 Å². The molecule has 0 aromatic carbocycles. The van der Waals surface area contributed by atoms with E-state index in [4.69, 9.17) is 0 Å². The van der Waals surface area contributed by atoms with Gasteiger partial charge in [0.2, 0.25) is 10.4 Å². The van der Waals surface area contributed by atoms with Crippen molar-refractivity contribution >= 4 is 10.4 Å². The average Bonchev–Trinajstić information content (AvgIpc) is 2.94. The Morgan fingerprint density at radius 2 is 1.91 bits per heavy atom. The van der Waals surface area contributed by atoms with Crippen LogP contribution in [0.4, 0.5) is 0 Å². The van der Waals surface area contributed by atoms with E-state index in [2.05, 4.69) is 22.7 Å². The van der Waals surface area contributed by atoms with E-state index in [1.54, 1.807) is 0 Å². The Labute approximate surface area is 130 Å². The van der Waals surface area contributed by atoms with Crippen molar-refractivity contribution in [1.82, 2.24) is 4.57 Å². The van der Waals surface area contributed by atoms with Gasteiger partial charge in [0.05, 0.1) is 19.7 Å². The van der Waals surface area contributed by atoms with E-state index in [0.29, 0.717) is 11.6 Å². The van der Waals surface area contributed by atoms with E-state index >= 15 is 0 Å². The summed E-state index contributed by atoms with van der Waals surface area (Å²) >= 11 is 0. The Balaban J connectivity index is 0.000000254. The largest absolute Gasteiger partial charge is 0.726 e. The molecule has 3 rings (SSSR count). The number of rotatable bonds is 1. The molecule has 0 radical (unpaired) electrons. The van der Waals surface area contributed by atoms with E-state index in [1.807, 2.05) is 4.57 Å². The molecule has 0 bridgehead atoms.